The van der Waals surface area contributed by atoms with Gasteiger partial charge in [0.1, 0.15) is 18.1 Å². The SMILES string of the molecule is C=C[C@]1(C)[C@@H](OCc2ccc(OC)cc2)C[C@H](O[Si](C)(C)C(C)(C)C)[C@]2(CO2)[C@H]1COCOC. The Balaban J connectivity index is 1.88. The van der Waals surface area contributed by atoms with Gasteiger partial charge in [-0.05, 0) is 35.8 Å². The van der Waals surface area contributed by atoms with Gasteiger partial charge in [-0.15, -0.1) is 6.58 Å². The van der Waals surface area contributed by atoms with Gasteiger partial charge >= 0.3 is 0 Å². The first kappa shape index (κ1) is 27.4. The topological polar surface area (TPSA) is 58.7 Å². The monoisotopic (exact) mass is 492 g/mol. The first-order chi connectivity index (χ1) is 15.9. The lowest BCUT2D eigenvalue weighted by molar-refractivity contribution is -0.163. The van der Waals surface area contributed by atoms with Crippen LogP contribution < -0.4 is 4.74 Å². The van der Waals surface area contributed by atoms with Crippen molar-refractivity contribution < 1.29 is 28.1 Å². The average Bonchev–Trinajstić information content (AvgIpc) is 3.58. The van der Waals surface area contributed by atoms with E-state index in [0.29, 0.717) is 19.8 Å². The second-order valence-corrected chi connectivity index (χ2v) is 16.2. The maximum Gasteiger partial charge on any atom is 0.192 e. The van der Waals surface area contributed by atoms with Gasteiger partial charge in [0.15, 0.2) is 8.32 Å². The van der Waals surface area contributed by atoms with Crippen molar-refractivity contribution in [1.29, 1.82) is 0 Å². The molecule has 6 nitrogen and oxygen atoms in total. The van der Waals surface area contributed by atoms with Crippen molar-refractivity contribution in [2.75, 3.05) is 34.2 Å². The van der Waals surface area contributed by atoms with Crippen LogP contribution in [0.5, 0.6) is 5.75 Å². The lowest BCUT2D eigenvalue weighted by Gasteiger charge is -2.53. The molecular weight excluding hydrogens is 448 g/mol. The Morgan fingerprint density at radius 1 is 1.15 bits per heavy atom. The largest absolute Gasteiger partial charge is 0.497 e. The standard InChI is InChI=1S/C27H44O6Si/c1-10-26(5)22(17-30-19-28-6)27(18-32-27)24(33-34(8,9)25(2,3)4)15-23(26)31-16-20-11-13-21(29-7)14-12-20/h10-14,22-24H,1,15-19H2,2-9H3/t22-,23-,24-,26-,27-/m0/s1. The third-order valence-electron chi connectivity index (χ3n) is 8.26. The summed E-state index contributed by atoms with van der Waals surface area (Å²) in [6.07, 6.45) is 2.64. The molecule has 1 saturated heterocycles. The van der Waals surface area contributed by atoms with Crippen LogP contribution in [0.4, 0.5) is 0 Å². The van der Waals surface area contributed by atoms with Crippen LogP contribution in [0.3, 0.4) is 0 Å². The third kappa shape index (κ3) is 5.45. The Kier molecular flexibility index (Phi) is 8.38. The molecule has 2 aliphatic rings. The lowest BCUT2D eigenvalue weighted by atomic mass is 9.60. The molecule has 0 bridgehead atoms. The Morgan fingerprint density at radius 3 is 2.29 bits per heavy atom. The van der Waals surface area contributed by atoms with Crippen LogP contribution in [0.2, 0.25) is 18.1 Å². The van der Waals surface area contributed by atoms with E-state index in [0.717, 1.165) is 17.7 Å². The Labute approximate surface area is 207 Å². The summed E-state index contributed by atoms with van der Waals surface area (Å²) in [4.78, 5) is 0. The zero-order valence-electron chi connectivity index (χ0n) is 22.3. The second-order valence-electron chi connectivity index (χ2n) is 11.4. The van der Waals surface area contributed by atoms with Crippen LogP contribution in [0.15, 0.2) is 36.9 Å². The normalized spacial score (nSPS) is 31.5. The minimum Gasteiger partial charge on any atom is -0.497 e. The van der Waals surface area contributed by atoms with Crippen molar-refractivity contribution in [3.05, 3.63) is 42.5 Å². The molecule has 0 N–H and O–H groups in total. The van der Waals surface area contributed by atoms with Crippen molar-refractivity contribution in [3.63, 3.8) is 0 Å². The molecule has 34 heavy (non-hydrogen) atoms. The van der Waals surface area contributed by atoms with Crippen LogP contribution in [-0.2, 0) is 30.0 Å². The molecule has 2 fully saturated rings. The van der Waals surface area contributed by atoms with Gasteiger partial charge < -0.3 is 28.1 Å². The highest BCUT2D eigenvalue weighted by atomic mass is 28.4. The van der Waals surface area contributed by atoms with Gasteiger partial charge in [-0.3, -0.25) is 0 Å². The lowest BCUT2D eigenvalue weighted by Crippen LogP contribution is -2.62. The molecule has 1 spiro atoms. The van der Waals surface area contributed by atoms with Crippen molar-refractivity contribution in [3.8, 4) is 5.75 Å². The second kappa shape index (κ2) is 10.4. The summed E-state index contributed by atoms with van der Waals surface area (Å²) in [6, 6.07) is 8.01. The first-order valence-electron chi connectivity index (χ1n) is 12.2. The van der Waals surface area contributed by atoms with Gasteiger partial charge in [0.2, 0.25) is 0 Å². The van der Waals surface area contributed by atoms with Gasteiger partial charge in [0.05, 0.1) is 39.1 Å². The Morgan fingerprint density at radius 2 is 1.79 bits per heavy atom. The number of methoxy groups -OCH3 is 2. The smallest absolute Gasteiger partial charge is 0.192 e. The van der Waals surface area contributed by atoms with E-state index in [2.05, 4.69) is 47.4 Å². The van der Waals surface area contributed by atoms with E-state index in [4.69, 9.17) is 28.1 Å². The Bertz CT molecular complexity index is 813. The van der Waals surface area contributed by atoms with Gasteiger partial charge in [0, 0.05) is 24.9 Å². The maximum atomic E-state index is 7.00. The van der Waals surface area contributed by atoms with E-state index >= 15 is 0 Å². The molecule has 5 atom stereocenters. The highest BCUT2D eigenvalue weighted by Gasteiger charge is 2.68. The highest BCUT2D eigenvalue weighted by Crippen LogP contribution is 2.58. The fraction of sp³-hybridized carbons (Fsp3) is 0.704. The van der Waals surface area contributed by atoms with Crippen LogP contribution in [-0.4, -0.2) is 60.4 Å². The van der Waals surface area contributed by atoms with Crippen molar-refractivity contribution in [2.24, 2.45) is 11.3 Å². The molecule has 0 unspecified atom stereocenters. The average molecular weight is 493 g/mol. The van der Waals surface area contributed by atoms with Gasteiger partial charge in [-0.25, -0.2) is 0 Å². The van der Waals surface area contributed by atoms with Crippen LogP contribution in [0.1, 0.15) is 39.7 Å². The predicted octanol–water partition coefficient (Wildman–Crippen LogP) is 5.57. The summed E-state index contributed by atoms with van der Waals surface area (Å²) < 4.78 is 36.2. The predicted molar refractivity (Wildman–Crippen MR) is 137 cm³/mol. The van der Waals surface area contributed by atoms with E-state index in [1.807, 2.05) is 30.3 Å². The molecule has 0 aromatic heterocycles. The number of rotatable bonds is 11. The van der Waals surface area contributed by atoms with Gasteiger partial charge in [-0.2, -0.15) is 0 Å². The van der Waals surface area contributed by atoms with Gasteiger partial charge in [-0.1, -0.05) is 45.9 Å². The molecule has 1 aromatic rings. The van der Waals surface area contributed by atoms with E-state index in [1.54, 1.807) is 14.2 Å². The molecule has 192 valence electrons. The third-order valence-corrected chi connectivity index (χ3v) is 12.8. The zero-order valence-corrected chi connectivity index (χ0v) is 23.3. The number of epoxide rings is 1. The molecular formula is C27H44O6Si. The van der Waals surface area contributed by atoms with E-state index in [-0.39, 0.29) is 41.0 Å². The first-order valence-corrected chi connectivity index (χ1v) is 15.1. The molecule has 1 aliphatic carbocycles. The van der Waals surface area contributed by atoms with E-state index in [9.17, 15) is 0 Å². The molecule has 0 amide bonds. The molecule has 1 heterocycles. The zero-order chi connectivity index (χ0) is 25.2. The van der Waals surface area contributed by atoms with Crippen molar-refractivity contribution in [2.45, 2.75) is 76.7 Å². The molecule has 1 aromatic carbocycles. The number of hydrogen-bond donors (Lipinski definition) is 0. The van der Waals surface area contributed by atoms with Gasteiger partial charge in [0.25, 0.3) is 0 Å². The number of ether oxygens (including phenoxy) is 5. The summed E-state index contributed by atoms with van der Waals surface area (Å²) in [5.74, 6) is 0.875. The molecule has 1 aliphatic heterocycles. The van der Waals surface area contributed by atoms with Crippen molar-refractivity contribution >= 4 is 8.32 Å². The summed E-state index contributed by atoms with van der Waals surface area (Å²) in [6.45, 7) is 19.8. The molecule has 1 saturated carbocycles. The quantitative estimate of drug-likeness (QED) is 0.132. The fourth-order valence-corrected chi connectivity index (χ4v) is 6.14. The highest BCUT2D eigenvalue weighted by molar-refractivity contribution is 6.74. The number of hydrogen-bond acceptors (Lipinski definition) is 6. The summed E-state index contributed by atoms with van der Waals surface area (Å²) in [5, 5.41) is 0.101. The van der Waals surface area contributed by atoms with E-state index < -0.39 is 8.32 Å². The van der Waals surface area contributed by atoms with Crippen LogP contribution in [0, 0.1) is 11.3 Å². The summed E-state index contributed by atoms with van der Waals surface area (Å²) in [5.41, 5.74) is 0.375. The molecule has 7 heteroatoms. The Hall–Kier alpha value is -1.22. The number of benzene rings is 1. The minimum atomic E-state index is -2.03. The minimum absolute atomic E-state index is 0.0389. The summed E-state index contributed by atoms with van der Waals surface area (Å²) in [7, 11) is 1.28. The van der Waals surface area contributed by atoms with E-state index in [1.165, 1.54) is 0 Å². The maximum absolute atomic E-state index is 7.00. The molecule has 0 radical (unpaired) electrons. The summed E-state index contributed by atoms with van der Waals surface area (Å²) >= 11 is 0. The van der Waals surface area contributed by atoms with Crippen LogP contribution >= 0.6 is 0 Å². The van der Waals surface area contributed by atoms with Crippen molar-refractivity contribution in [1.82, 2.24) is 0 Å². The fourth-order valence-electron chi connectivity index (χ4n) is 4.78. The molecule has 3 rings (SSSR count). The van der Waals surface area contributed by atoms with Crippen LogP contribution in [0.25, 0.3) is 0 Å².